The summed E-state index contributed by atoms with van der Waals surface area (Å²) in [4.78, 5) is 28.7. The lowest BCUT2D eigenvalue weighted by Gasteiger charge is -2.27. The summed E-state index contributed by atoms with van der Waals surface area (Å²) in [7, 11) is 0. The number of ether oxygens (including phenoxy) is 2. The third-order valence-electron chi connectivity index (χ3n) is 8.09. The zero-order valence-corrected chi connectivity index (χ0v) is 24.0. The quantitative estimate of drug-likeness (QED) is 0.198. The van der Waals surface area contributed by atoms with Crippen molar-refractivity contribution >= 4 is 17.5 Å². The van der Waals surface area contributed by atoms with Gasteiger partial charge in [-0.05, 0) is 65.6 Å². The second kappa shape index (κ2) is 12.0. The topological polar surface area (TPSA) is 79.9 Å². The zero-order chi connectivity index (χ0) is 29.9. The van der Waals surface area contributed by atoms with Gasteiger partial charge in [0.1, 0.15) is 6.17 Å². The van der Waals surface area contributed by atoms with Gasteiger partial charge in [-0.1, -0.05) is 84.9 Å². The van der Waals surface area contributed by atoms with Gasteiger partial charge in [-0.3, -0.25) is 9.59 Å². The van der Waals surface area contributed by atoms with Gasteiger partial charge in [0.05, 0.1) is 6.04 Å². The molecule has 2 heterocycles. The van der Waals surface area contributed by atoms with Crippen LogP contribution in [0.4, 0.5) is 5.69 Å². The fourth-order valence-electron chi connectivity index (χ4n) is 5.83. The maximum atomic E-state index is 13.5. The highest BCUT2D eigenvalue weighted by molar-refractivity contribution is 5.99. The van der Waals surface area contributed by atoms with Gasteiger partial charge in [0.25, 0.3) is 11.8 Å². The van der Waals surface area contributed by atoms with Gasteiger partial charge in [-0.25, -0.2) is 0 Å². The van der Waals surface area contributed by atoms with Crippen LogP contribution in [0.15, 0.2) is 127 Å². The van der Waals surface area contributed by atoms with Gasteiger partial charge in [0.2, 0.25) is 6.79 Å². The summed E-state index contributed by atoms with van der Waals surface area (Å²) < 4.78 is 11.0. The van der Waals surface area contributed by atoms with E-state index in [4.69, 9.17) is 9.47 Å². The summed E-state index contributed by atoms with van der Waals surface area (Å²) in [6.45, 7) is 0.593. The molecular formula is C37H31N3O4. The second-order valence-corrected chi connectivity index (χ2v) is 11.0. The third kappa shape index (κ3) is 5.60. The molecule has 5 aromatic rings. The van der Waals surface area contributed by atoms with Crippen molar-refractivity contribution in [1.29, 1.82) is 0 Å². The number of amides is 2. The summed E-state index contributed by atoms with van der Waals surface area (Å²) >= 11 is 0. The minimum Gasteiger partial charge on any atom is -0.454 e. The van der Waals surface area contributed by atoms with Crippen LogP contribution in [0, 0.1) is 0 Å². The van der Waals surface area contributed by atoms with Gasteiger partial charge < -0.3 is 25.0 Å². The number of carbonyl (C=O) groups is 2. The largest absolute Gasteiger partial charge is 0.454 e. The standard InChI is InChI=1S/C37H31N3O4/c41-36(39-32(27-11-5-2-6-12-27)21-25-9-3-1-4-10-25)28-16-18-29(19-17-28)38-35-30-13-7-8-14-31(30)37(42)40(35)23-26-15-20-33-34(22-26)44-24-43-33/h1-20,22,32,35,38H,21,23-24H2,(H,39,41). The Labute approximate surface area is 256 Å². The molecule has 7 rings (SSSR count). The molecule has 0 spiro atoms. The highest BCUT2D eigenvalue weighted by Crippen LogP contribution is 2.38. The molecule has 2 aliphatic heterocycles. The summed E-state index contributed by atoms with van der Waals surface area (Å²) in [6.07, 6.45) is 0.307. The van der Waals surface area contributed by atoms with Crippen molar-refractivity contribution in [2.24, 2.45) is 0 Å². The van der Waals surface area contributed by atoms with E-state index in [1.807, 2.05) is 120 Å². The number of rotatable bonds is 9. The van der Waals surface area contributed by atoms with Gasteiger partial charge in [0, 0.05) is 28.9 Å². The van der Waals surface area contributed by atoms with Crippen molar-refractivity contribution in [2.45, 2.75) is 25.2 Å². The molecule has 0 bridgehead atoms. The first kappa shape index (κ1) is 27.3. The Kier molecular flexibility index (Phi) is 7.42. The average molecular weight is 582 g/mol. The predicted octanol–water partition coefficient (Wildman–Crippen LogP) is 6.90. The van der Waals surface area contributed by atoms with Crippen LogP contribution in [0.3, 0.4) is 0 Å². The number of nitrogens with zero attached hydrogens (tertiary/aromatic N) is 1. The van der Waals surface area contributed by atoms with Crippen LogP contribution in [-0.2, 0) is 13.0 Å². The summed E-state index contributed by atoms with van der Waals surface area (Å²) in [5, 5.41) is 6.76. The van der Waals surface area contributed by atoms with E-state index >= 15 is 0 Å². The average Bonchev–Trinajstić information content (AvgIpc) is 3.64. The molecule has 0 radical (unpaired) electrons. The van der Waals surface area contributed by atoms with Crippen LogP contribution in [-0.4, -0.2) is 23.5 Å². The molecule has 218 valence electrons. The Hall–Kier alpha value is -5.56. The number of hydrogen-bond acceptors (Lipinski definition) is 5. The Morgan fingerprint density at radius 3 is 2.27 bits per heavy atom. The molecular weight excluding hydrogens is 550 g/mol. The number of carbonyl (C=O) groups excluding carboxylic acids is 2. The summed E-state index contributed by atoms with van der Waals surface area (Å²) in [5.41, 5.74) is 6.09. The van der Waals surface area contributed by atoms with Crippen molar-refractivity contribution in [2.75, 3.05) is 12.1 Å². The Balaban J connectivity index is 1.09. The van der Waals surface area contributed by atoms with Gasteiger partial charge in [-0.2, -0.15) is 0 Å². The lowest BCUT2D eigenvalue weighted by molar-refractivity contribution is 0.0728. The van der Waals surface area contributed by atoms with E-state index in [-0.39, 0.29) is 30.8 Å². The SMILES string of the molecule is O=C(NC(Cc1ccccc1)c1ccccc1)c1ccc(NC2c3ccccc3C(=O)N2Cc2ccc3c(c2)OCO3)cc1. The molecule has 2 aliphatic rings. The number of anilines is 1. The maximum Gasteiger partial charge on any atom is 0.256 e. The molecule has 7 heteroatoms. The number of benzene rings is 5. The van der Waals surface area contributed by atoms with Crippen molar-refractivity contribution in [1.82, 2.24) is 10.2 Å². The minimum atomic E-state index is -0.378. The first-order valence-corrected chi connectivity index (χ1v) is 14.7. The molecule has 2 unspecified atom stereocenters. The number of nitrogens with one attached hydrogen (secondary N) is 2. The summed E-state index contributed by atoms with van der Waals surface area (Å²) in [5.74, 6) is 1.20. The van der Waals surface area contributed by atoms with Crippen LogP contribution < -0.4 is 20.1 Å². The van der Waals surface area contributed by atoms with Crippen LogP contribution in [0.25, 0.3) is 0 Å². The fourth-order valence-corrected chi connectivity index (χ4v) is 5.83. The molecule has 2 N–H and O–H groups in total. The Morgan fingerprint density at radius 1 is 0.773 bits per heavy atom. The monoisotopic (exact) mass is 581 g/mol. The molecule has 0 saturated heterocycles. The highest BCUT2D eigenvalue weighted by atomic mass is 16.7. The molecule has 5 aromatic carbocycles. The summed E-state index contributed by atoms with van der Waals surface area (Å²) in [6, 6.07) is 40.8. The number of fused-ring (bicyclic) bond motifs is 2. The van der Waals surface area contributed by atoms with Crippen molar-refractivity contribution in [3.8, 4) is 11.5 Å². The van der Waals surface area contributed by atoms with Crippen LogP contribution in [0.2, 0.25) is 0 Å². The van der Waals surface area contributed by atoms with Crippen LogP contribution >= 0.6 is 0 Å². The number of hydrogen-bond donors (Lipinski definition) is 2. The molecule has 0 saturated carbocycles. The van der Waals surface area contributed by atoms with Gasteiger partial charge in [-0.15, -0.1) is 0 Å². The van der Waals surface area contributed by atoms with E-state index in [2.05, 4.69) is 22.8 Å². The molecule has 44 heavy (non-hydrogen) atoms. The van der Waals surface area contributed by atoms with Gasteiger partial charge in [0.15, 0.2) is 11.5 Å². The Morgan fingerprint density at radius 2 is 1.48 bits per heavy atom. The fraction of sp³-hybridized carbons (Fsp3) is 0.135. The molecule has 7 nitrogen and oxygen atoms in total. The third-order valence-corrected chi connectivity index (χ3v) is 8.09. The zero-order valence-electron chi connectivity index (χ0n) is 24.0. The minimum absolute atomic E-state index is 0.0443. The Bertz CT molecular complexity index is 1790. The van der Waals surface area contributed by atoms with Gasteiger partial charge >= 0.3 is 0 Å². The highest BCUT2D eigenvalue weighted by Gasteiger charge is 2.36. The molecule has 0 aromatic heterocycles. The van der Waals surface area contributed by atoms with Crippen molar-refractivity contribution in [3.63, 3.8) is 0 Å². The first-order chi connectivity index (χ1) is 21.6. The van der Waals surface area contributed by atoms with E-state index in [0.717, 1.165) is 27.9 Å². The smallest absolute Gasteiger partial charge is 0.256 e. The lowest BCUT2D eigenvalue weighted by atomic mass is 9.98. The van der Waals surface area contributed by atoms with E-state index in [1.54, 1.807) is 0 Å². The second-order valence-electron chi connectivity index (χ2n) is 11.0. The van der Waals surface area contributed by atoms with E-state index in [0.29, 0.717) is 35.6 Å². The lowest BCUT2D eigenvalue weighted by Crippen LogP contribution is -2.32. The molecule has 2 amide bonds. The first-order valence-electron chi connectivity index (χ1n) is 14.7. The maximum absolute atomic E-state index is 13.5. The predicted molar refractivity (Wildman–Crippen MR) is 168 cm³/mol. The normalized spacial score (nSPS) is 15.5. The van der Waals surface area contributed by atoms with E-state index < -0.39 is 0 Å². The van der Waals surface area contributed by atoms with Crippen LogP contribution in [0.5, 0.6) is 11.5 Å². The van der Waals surface area contributed by atoms with E-state index in [9.17, 15) is 9.59 Å². The van der Waals surface area contributed by atoms with Crippen molar-refractivity contribution < 1.29 is 19.1 Å². The van der Waals surface area contributed by atoms with Crippen LogP contribution in [0.1, 0.15) is 55.2 Å². The molecule has 2 atom stereocenters. The van der Waals surface area contributed by atoms with E-state index in [1.165, 1.54) is 0 Å². The molecule has 0 aliphatic carbocycles. The van der Waals surface area contributed by atoms with Crippen molar-refractivity contribution in [3.05, 3.63) is 161 Å². The molecule has 0 fully saturated rings.